The maximum atomic E-state index is 13.5. The van der Waals surface area contributed by atoms with Crippen molar-refractivity contribution in [2.75, 3.05) is 26.3 Å². The molecule has 2 fully saturated rings. The highest BCUT2D eigenvalue weighted by Gasteiger charge is 2.44. The SMILES string of the molecule is CC(C)(C)OC(=O)C1(CCCCCCCCOc2ccc(-c3ccnn3C3CCCCO3)nc2)CCN(C(=O)OCc2ccccc2)CC1. The first-order valence-corrected chi connectivity index (χ1v) is 18.2. The number of hydrogen-bond acceptors (Lipinski definition) is 8. The summed E-state index contributed by atoms with van der Waals surface area (Å²) in [6.07, 6.45) is 14.7. The quantitative estimate of drug-likeness (QED) is 0.117. The molecular formula is C39H54N4O6. The van der Waals surface area contributed by atoms with E-state index in [1.54, 1.807) is 17.3 Å². The first kappa shape index (κ1) is 36.4. The van der Waals surface area contributed by atoms with Gasteiger partial charge in [0.2, 0.25) is 0 Å². The molecule has 1 amide bonds. The Hall–Kier alpha value is -3.92. The molecule has 4 heterocycles. The number of carbonyl (C=O) groups excluding carboxylic acids is 2. The van der Waals surface area contributed by atoms with Crippen molar-refractivity contribution < 1.29 is 28.5 Å². The predicted octanol–water partition coefficient (Wildman–Crippen LogP) is 8.51. The third-order valence-corrected chi connectivity index (χ3v) is 9.43. The lowest BCUT2D eigenvalue weighted by molar-refractivity contribution is -0.171. The highest BCUT2D eigenvalue weighted by molar-refractivity contribution is 5.78. The molecular weight excluding hydrogens is 620 g/mol. The van der Waals surface area contributed by atoms with Crippen molar-refractivity contribution in [3.8, 4) is 17.1 Å². The van der Waals surface area contributed by atoms with Crippen LogP contribution in [0.3, 0.4) is 0 Å². The summed E-state index contributed by atoms with van der Waals surface area (Å²) in [6.45, 7) is 8.39. The van der Waals surface area contributed by atoms with E-state index in [0.29, 0.717) is 32.5 Å². The van der Waals surface area contributed by atoms with Crippen LogP contribution in [0.4, 0.5) is 4.79 Å². The zero-order valence-corrected chi connectivity index (χ0v) is 29.6. The van der Waals surface area contributed by atoms with Crippen molar-refractivity contribution >= 4 is 12.1 Å². The minimum Gasteiger partial charge on any atom is -0.492 e. The van der Waals surface area contributed by atoms with E-state index in [1.807, 2.05) is 74.0 Å². The van der Waals surface area contributed by atoms with Gasteiger partial charge in [0.15, 0.2) is 6.23 Å². The fraction of sp³-hybridized carbons (Fsp3) is 0.590. The van der Waals surface area contributed by atoms with Crippen LogP contribution in [0.5, 0.6) is 5.75 Å². The first-order chi connectivity index (χ1) is 23.7. The second-order valence-electron chi connectivity index (χ2n) is 14.4. The van der Waals surface area contributed by atoms with E-state index in [1.165, 1.54) is 0 Å². The molecule has 3 aromatic rings. The van der Waals surface area contributed by atoms with Crippen molar-refractivity contribution in [3.63, 3.8) is 0 Å². The summed E-state index contributed by atoms with van der Waals surface area (Å²) in [4.78, 5) is 32.6. The van der Waals surface area contributed by atoms with Crippen molar-refractivity contribution in [2.24, 2.45) is 5.41 Å². The molecule has 1 unspecified atom stereocenters. The zero-order valence-electron chi connectivity index (χ0n) is 29.6. The molecule has 10 heteroatoms. The fourth-order valence-electron chi connectivity index (χ4n) is 6.61. The lowest BCUT2D eigenvalue weighted by Gasteiger charge is -2.41. The highest BCUT2D eigenvalue weighted by atomic mass is 16.6. The van der Waals surface area contributed by atoms with Crippen LogP contribution in [-0.2, 0) is 25.6 Å². The Labute approximate surface area is 291 Å². The number of rotatable bonds is 15. The Morgan fingerprint density at radius 3 is 2.39 bits per heavy atom. The maximum Gasteiger partial charge on any atom is 0.410 e. The average Bonchev–Trinajstić information content (AvgIpc) is 3.61. The zero-order chi connectivity index (χ0) is 34.5. The van der Waals surface area contributed by atoms with Crippen LogP contribution >= 0.6 is 0 Å². The van der Waals surface area contributed by atoms with Gasteiger partial charge >= 0.3 is 12.1 Å². The fourth-order valence-corrected chi connectivity index (χ4v) is 6.61. The molecule has 2 saturated heterocycles. The molecule has 0 bridgehead atoms. The Morgan fingerprint density at radius 1 is 0.939 bits per heavy atom. The van der Waals surface area contributed by atoms with Crippen LogP contribution in [-0.4, -0.2) is 63.6 Å². The third kappa shape index (κ3) is 10.8. The molecule has 0 N–H and O–H groups in total. The summed E-state index contributed by atoms with van der Waals surface area (Å²) in [5.74, 6) is 0.632. The maximum absolute atomic E-state index is 13.5. The molecule has 0 spiro atoms. The van der Waals surface area contributed by atoms with E-state index in [9.17, 15) is 9.59 Å². The van der Waals surface area contributed by atoms with Crippen LogP contribution in [0, 0.1) is 5.41 Å². The number of esters is 1. The van der Waals surface area contributed by atoms with Crippen molar-refractivity contribution in [2.45, 2.75) is 116 Å². The summed E-state index contributed by atoms with van der Waals surface area (Å²) < 4.78 is 25.3. The van der Waals surface area contributed by atoms with Crippen LogP contribution in [0.2, 0.25) is 0 Å². The molecule has 10 nitrogen and oxygen atoms in total. The topological polar surface area (TPSA) is 105 Å². The van der Waals surface area contributed by atoms with Gasteiger partial charge in [0, 0.05) is 25.9 Å². The summed E-state index contributed by atoms with van der Waals surface area (Å²) in [6, 6.07) is 15.6. The van der Waals surface area contributed by atoms with Crippen LogP contribution in [0.15, 0.2) is 60.9 Å². The normalized spacial score (nSPS) is 17.8. The Bertz CT molecular complexity index is 1440. The smallest absolute Gasteiger partial charge is 0.410 e. The van der Waals surface area contributed by atoms with E-state index < -0.39 is 11.0 Å². The molecule has 0 saturated carbocycles. The minimum absolute atomic E-state index is 0.0243. The van der Waals surface area contributed by atoms with Crippen molar-refractivity contribution in [1.82, 2.24) is 19.7 Å². The van der Waals surface area contributed by atoms with Gasteiger partial charge < -0.3 is 23.8 Å². The summed E-state index contributed by atoms with van der Waals surface area (Å²) in [5, 5.41) is 4.49. The largest absolute Gasteiger partial charge is 0.492 e. The molecule has 2 aliphatic heterocycles. The third-order valence-electron chi connectivity index (χ3n) is 9.43. The molecule has 1 atom stereocenters. The number of hydrogen-bond donors (Lipinski definition) is 0. The van der Waals surface area contributed by atoms with Crippen molar-refractivity contribution in [1.29, 1.82) is 0 Å². The first-order valence-electron chi connectivity index (χ1n) is 18.2. The van der Waals surface area contributed by atoms with E-state index in [4.69, 9.17) is 18.9 Å². The molecule has 49 heavy (non-hydrogen) atoms. The second kappa shape index (κ2) is 17.7. The number of aromatic nitrogens is 3. The number of amides is 1. The number of carbonyl (C=O) groups is 2. The highest BCUT2D eigenvalue weighted by Crippen LogP contribution is 2.39. The monoisotopic (exact) mass is 674 g/mol. The lowest BCUT2D eigenvalue weighted by atomic mass is 9.74. The molecule has 266 valence electrons. The summed E-state index contributed by atoms with van der Waals surface area (Å²) in [5.41, 5.74) is 1.66. The van der Waals surface area contributed by atoms with Gasteiger partial charge in [-0.25, -0.2) is 9.48 Å². The molecule has 2 aromatic heterocycles. The number of benzene rings is 1. The van der Waals surface area contributed by atoms with Crippen LogP contribution in [0.1, 0.15) is 110 Å². The number of pyridine rings is 1. The van der Waals surface area contributed by atoms with Gasteiger partial charge in [0.05, 0.1) is 29.6 Å². The molecule has 5 rings (SSSR count). The number of ether oxygens (including phenoxy) is 4. The van der Waals surface area contributed by atoms with Gasteiger partial charge in [-0.3, -0.25) is 9.78 Å². The number of likely N-dealkylation sites (tertiary alicyclic amines) is 1. The Balaban J connectivity index is 0.988. The summed E-state index contributed by atoms with van der Waals surface area (Å²) in [7, 11) is 0. The predicted molar refractivity (Wildman–Crippen MR) is 188 cm³/mol. The van der Waals surface area contributed by atoms with Crippen LogP contribution < -0.4 is 4.74 Å². The minimum atomic E-state index is -0.565. The molecule has 0 aliphatic carbocycles. The van der Waals surface area contributed by atoms with Gasteiger partial charge in [-0.2, -0.15) is 5.10 Å². The number of piperidine rings is 1. The number of unbranched alkanes of at least 4 members (excludes halogenated alkanes) is 5. The molecule has 1 aromatic carbocycles. The molecule has 2 aliphatic rings. The van der Waals surface area contributed by atoms with E-state index in [0.717, 1.165) is 93.5 Å². The van der Waals surface area contributed by atoms with Crippen LogP contribution in [0.25, 0.3) is 11.4 Å². The lowest BCUT2D eigenvalue weighted by Crippen LogP contribution is -2.48. The average molecular weight is 675 g/mol. The van der Waals surface area contributed by atoms with Gasteiger partial charge in [0.1, 0.15) is 18.0 Å². The van der Waals surface area contributed by atoms with Gasteiger partial charge in [-0.05, 0) is 89.5 Å². The Kier molecular flexibility index (Phi) is 13.1. The van der Waals surface area contributed by atoms with E-state index in [2.05, 4.69) is 10.1 Å². The standard InChI is InChI=1S/C39H54N4O6/c1-38(2,3)49-36(44)39(22-25-42(26-23-39)37(45)48-30-31-15-9-8-10-16-31)21-12-6-4-5-7-13-27-46-32-18-19-33(40-29-32)34-20-24-41-43(34)35-17-11-14-28-47-35/h8-10,15-16,18-20,24,29,35H,4-7,11-14,17,21-23,25-28,30H2,1-3H3. The van der Waals surface area contributed by atoms with Gasteiger partial charge in [-0.15, -0.1) is 0 Å². The molecule has 0 radical (unpaired) electrons. The van der Waals surface area contributed by atoms with E-state index >= 15 is 0 Å². The Morgan fingerprint density at radius 2 is 1.69 bits per heavy atom. The summed E-state index contributed by atoms with van der Waals surface area (Å²) >= 11 is 0. The number of nitrogens with zero attached hydrogens (tertiary/aromatic N) is 4. The van der Waals surface area contributed by atoms with Gasteiger partial charge in [-0.1, -0.05) is 62.4 Å². The second-order valence-corrected chi connectivity index (χ2v) is 14.4. The van der Waals surface area contributed by atoms with Crippen molar-refractivity contribution in [3.05, 3.63) is 66.5 Å². The van der Waals surface area contributed by atoms with E-state index in [-0.39, 0.29) is 24.9 Å². The van der Waals surface area contributed by atoms with Gasteiger partial charge in [0.25, 0.3) is 0 Å².